The summed E-state index contributed by atoms with van der Waals surface area (Å²) in [7, 11) is 0. The van der Waals surface area contributed by atoms with E-state index in [0.717, 1.165) is 34.5 Å². The Bertz CT molecular complexity index is 927. The van der Waals surface area contributed by atoms with Gasteiger partial charge in [0.15, 0.2) is 0 Å². The van der Waals surface area contributed by atoms with Gasteiger partial charge in [0.05, 0.1) is 12.5 Å². The van der Waals surface area contributed by atoms with Crippen molar-refractivity contribution >= 4 is 28.8 Å². The average molecular weight is 415 g/mol. The van der Waals surface area contributed by atoms with Gasteiger partial charge in [-0.05, 0) is 42.0 Å². The van der Waals surface area contributed by atoms with Crippen LogP contribution in [0.2, 0.25) is 0 Å². The minimum Gasteiger partial charge on any atom is -0.506 e. The Labute approximate surface area is 174 Å². The quantitative estimate of drug-likeness (QED) is 0.388. The molecular weight excluding hydrogens is 388 g/mol. The second-order valence-electron chi connectivity index (χ2n) is 6.81. The maximum absolute atomic E-state index is 12.1. The monoisotopic (exact) mass is 414 g/mol. The van der Waals surface area contributed by atoms with E-state index in [1.165, 1.54) is 4.80 Å². The molecule has 0 aliphatic carbocycles. The predicted octanol–water partition coefficient (Wildman–Crippen LogP) is 2.93. The summed E-state index contributed by atoms with van der Waals surface area (Å²) < 4.78 is 5.42. The molecule has 1 heterocycles. The third-order valence-electron chi connectivity index (χ3n) is 4.54. The van der Waals surface area contributed by atoms with Crippen LogP contribution >= 0.6 is 11.8 Å². The molecule has 0 spiro atoms. The zero-order valence-electron chi connectivity index (χ0n) is 16.5. The molecule has 1 aromatic heterocycles. The number of hydrogen-bond donors (Lipinski definition) is 2. The number of phenols is 1. The lowest BCUT2D eigenvalue weighted by Crippen LogP contribution is -2.17. The molecule has 3 rings (SSSR count). The van der Waals surface area contributed by atoms with Gasteiger partial charge < -0.3 is 15.6 Å². The molecule has 7 nitrogen and oxygen atoms in total. The average Bonchev–Trinajstić information content (AvgIpc) is 3.16. The van der Waals surface area contributed by atoms with E-state index in [9.17, 15) is 9.90 Å². The van der Waals surface area contributed by atoms with Gasteiger partial charge in [0.2, 0.25) is 0 Å². The fraction of sp³-hybridized carbons (Fsp3) is 0.381. The Balaban J connectivity index is 1.57. The first-order valence-corrected chi connectivity index (χ1v) is 10.8. The Morgan fingerprint density at radius 2 is 1.93 bits per heavy atom. The number of benzene rings is 2. The molecular formula is C21H26N4O3S. The predicted molar refractivity (Wildman–Crippen MR) is 115 cm³/mol. The summed E-state index contributed by atoms with van der Waals surface area (Å²) in [6.45, 7) is 2.83. The Kier molecular flexibility index (Phi) is 7.48. The summed E-state index contributed by atoms with van der Waals surface area (Å²) in [4.78, 5) is 13.5. The second kappa shape index (κ2) is 10.3. The summed E-state index contributed by atoms with van der Waals surface area (Å²) in [6.07, 6.45) is 1.33. The SMILES string of the molecule is CC(CCSCCN)C(=O)OCCc1ccc(O)c(-n2nc3ccccc3n2)c1. The lowest BCUT2D eigenvalue weighted by molar-refractivity contribution is -0.147. The minimum atomic E-state index is -0.183. The Hall–Kier alpha value is -2.58. The van der Waals surface area contributed by atoms with Gasteiger partial charge >= 0.3 is 5.97 Å². The lowest BCUT2D eigenvalue weighted by Gasteiger charge is -2.12. The number of hydrogen-bond acceptors (Lipinski definition) is 7. The molecule has 0 amide bonds. The number of esters is 1. The highest BCUT2D eigenvalue weighted by molar-refractivity contribution is 7.99. The first-order valence-electron chi connectivity index (χ1n) is 9.67. The van der Waals surface area contributed by atoms with Gasteiger partial charge in [0, 0.05) is 18.7 Å². The highest BCUT2D eigenvalue weighted by Crippen LogP contribution is 2.23. The van der Waals surface area contributed by atoms with Crippen molar-refractivity contribution in [3.05, 3.63) is 48.0 Å². The van der Waals surface area contributed by atoms with Crippen LogP contribution in [0.1, 0.15) is 18.9 Å². The van der Waals surface area contributed by atoms with Gasteiger partial charge in [-0.2, -0.15) is 11.8 Å². The van der Waals surface area contributed by atoms with Gasteiger partial charge in [0.25, 0.3) is 0 Å². The molecule has 0 radical (unpaired) electrons. The number of aromatic hydroxyl groups is 1. The van der Waals surface area contributed by atoms with E-state index >= 15 is 0 Å². The van der Waals surface area contributed by atoms with Crippen LogP contribution in [0, 0.1) is 5.92 Å². The Morgan fingerprint density at radius 3 is 2.62 bits per heavy atom. The zero-order valence-corrected chi connectivity index (χ0v) is 17.3. The summed E-state index contributed by atoms with van der Waals surface area (Å²) in [6, 6.07) is 12.8. The van der Waals surface area contributed by atoms with E-state index in [2.05, 4.69) is 10.2 Å². The standard InChI is InChI=1S/C21H26N4O3S/c1-15(9-12-29-13-10-22)21(27)28-11-8-16-6-7-20(26)19(14-16)25-23-17-4-2-3-5-18(17)24-25/h2-7,14-15,26H,8-13,22H2,1H3. The molecule has 29 heavy (non-hydrogen) atoms. The number of ether oxygens (including phenoxy) is 1. The van der Waals surface area contributed by atoms with Crippen molar-refractivity contribution in [1.82, 2.24) is 15.0 Å². The molecule has 154 valence electrons. The van der Waals surface area contributed by atoms with E-state index < -0.39 is 0 Å². The molecule has 0 aliphatic rings. The highest BCUT2D eigenvalue weighted by atomic mass is 32.2. The van der Waals surface area contributed by atoms with Crippen LogP contribution in [-0.2, 0) is 16.0 Å². The molecule has 3 N–H and O–H groups in total. The number of fused-ring (bicyclic) bond motifs is 1. The zero-order chi connectivity index (χ0) is 20.6. The fourth-order valence-corrected chi connectivity index (χ4v) is 3.72. The first kappa shape index (κ1) is 21.1. The van der Waals surface area contributed by atoms with Crippen molar-refractivity contribution in [2.45, 2.75) is 19.8 Å². The van der Waals surface area contributed by atoms with Crippen molar-refractivity contribution < 1.29 is 14.6 Å². The molecule has 8 heteroatoms. The smallest absolute Gasteiger partial charge is 0.308 e. The van der Waals surface area contributed by atoms with E-state index in [4.69, 9.17) is 10.5 Å². The van der Waals surface area contributed by atoms with Crippen LogP contribution in [0.3, 0.4) is 0 Å². The highest BCUT2D eigenvalue weighted by Gasteiger charge is 2.14. The Morgan fingerprint density at radius 1 is 1.21 bits per heavy atom. The maximum atomic E-state index is 12.1. The van der Waals surface area contributed by atoms with Gasteiger partial charge in [-0.1, -0.05) is 25.1 Å². The van der Waals surface area contributed by atoms with Crippen LogP contribution in [-0.4, -0.2) is 50.7 Å². The van der Waals surface area contributed by atoms with Gasteiger partial charge in [-0.3, -0.25) is 4.79 Å². The maximum Gasteiger partial charge on any atom is 0.308 e. The molecule has 2 aromatic carbocycles. The summed E-state index contributed by atoms with van der Waals surface area (Å²) in [5.41, 5.74) is 8.40. The molecule has 1 unspecified atom stereocenters. The minimum absolute atomic E-state index is 0.0923. The number of nitrogens with zero attached hydrogens (tertiary/aromatic N) is 3. The third kappa shape index (κ3) is 5.71. The van der Waals surface area contributed by atoms with Crippen molar-refractivity contribution in [2.75, 3.05) is 24.7 Å². The molecule has 0 saturated heterocycles. The third-order valence-corrected chi connectivity index (χ3v) is 5.59. The molecule has 0 fully saturated rings. The van der Waals surface area contributed by atoms with Crippen LogP contribution in [0.15, 0.2) is 42.5 Å². The molecule has 3 aromatic rings. The summed E-state index contributed by atoms with van der Waals surface area (Å²) >= 11 is 1.75. The number of thioether (sulfide) groups is 1. The van der Waals surface area contributed by atoms with E-state index in [1.54, 1.807) is 17.8 Å². The van der Waals surface area contributed by atoms with Crippen LogP contribution in [0.4, 0.5) is 0 Å². The van der Waals surface area contributed by atoms with E-state index in [-0.39, 0.29) is 24.2 Å². The number of aromatic nitrogens is 3. The fourth-order valence-electron chi connectivity index (χ4n) is 2.83. The number of nitrogens with two attached hydrogens (primary N) is 1. The van der Waals surface area contributed by atoms with Gasteiger partial charge in [-0.25, -0.2) is 0 Å². The summed E-state index contributed by atoms with van der Waals surface area (Å²) in [5, 5.41) is 19.0. The molecule has 0 aliphatic heterocycles. The van der Waals surface area contributed by atoms with Crippen LogP contribution in [0.25, 0.3) is 16.7 Å². The topological polar surface area (TPSA) is 103 Å². The molecule has 0 bridgehead atoms. The van der Waals surface area contributed by atoms with Crippen LogP contribution in [0.5, 0.6) is 5.75 Å². The molecule has 1 atom stereocenters. The van der Waals surface area contributed by atoms with Crippen LogP contribution < -0.4 is 5.73 Å². The largest absolute Gasteiger partial charge is 0.506 e. The van der Waals surface area contributed by atoms with E-state index in [1.807, 2.05) is 43.3 Å². The normalized spacial score (nSPS) is 12.2. The van der Waals surface area contributed by atoms with Crippen molar-refractivity contribution in [2.24, 2.45) is 11.7 Å². The number of rotatable bonds is 10. The lowest BCUT2D eigenvalue weighted by atomic mass is 10.1. The van der Waals surface area contributed by atoms with Gasteiger partial charge in [-0.15, -0.1) is 15.0 Å². The van der Waals surface area contributed by atoms with E-state index in [0.29, 0.717) is 18.7 Å². The van der Waals surface area contributed by atoms with Crippen molar-refractivity contribution in [1.29, 1.82) is 0 Å². The second-order valence-corrected chi connectivity index (χ2v) is 8.03. The van der Waals surface area contributed by atoms with Crippen molar-refractivity contribution in [3.8, 4) is 11.4 Å². The number of phenolic OH excluding ortho intramolecular Hbond substituents is 1. The van der Waals surface area contributed by atoms with Crippen molar-refractivity contribution in [3.63, 3.8) is 0 Å². The first-order chi connectivity index (χ1) is 14.1. The summed E-state index contributed by atoms with van der Waals surface area (Å²) in [5.74, 6) is 1.59. The number of carbonyl (C=O) groups is 1. The number of carbonyl (C=O) groups excluding carboxylic acids is 1. The van der Waals surface area contributed by atoms with Gasteiger partial charge in [0.1, 0.15) is 22.5 Å². The molecule has 0 saturated carbocycles.